The van der Waals surface area contributed by atoms with Crippen molar-refractivity contribution in [3.8, 4) is 0 Å². The minimum absolute atomic E-state index is 0.139. The third-order valence-corrected chi connectivity index (χ3v) is 2.42. The first kappa shape index (κ1) is 10.8. The molecule has 0 saturated carbocycles. The van der Waals surface area contributed by atoms with Crippen LogP contribution in [0.5, 0.6) is 0 Å². The van der Waals surface area contributed by atoms with Gasteiger partial charge in [0.05, 0.1) is 30.5 Å². The van der Waals surface area contributed by atoms with E-state index in [2.05, 4.69) is 22.7 Å². The molecule has 0 radical (unpaired) electrons. The first-order valence-electron chi connectivity index (χ1n) is 5.23. The van der Waals surface area contributed by atoms with Gasteiger partial charge in [0.1, 0.15) is 0 Å². The van der Waals surface area contributed by atoms with Gasteiger partial charge in [0.25, 0.3) is 0 Å². The van der Waals surface area contributed by atoms with Crippen LogP contribution in [0, 0.1) is 0 Å². The lowest BCUT2D eigenvalue weighted by molar-refractivity contribution is 0.505. The van der Waals surface area contributed by atoms with Crippen LogP contribution in [-0.4, -0.2) is 15.0 Å². The van der Waals surface area contributed by atoms with E-state index in [1.165, 1.54) is 0 Å². The maximum atomic E-state index is 5.56. The number of furan rings is 1. The third-order valence-electron chi connectivity index (χ3n) is 2.42. The molecule has 1 unspecified atom stereocenters. The number of aryl methyl sites for hydroxylation is 1. The normalized spacial score (nSPS) is 12.9. The molecule has 0 aliphatic rings. The summed E-state index contributed by atoms with van der Waals surface area (Å²) < 4.78 is 6.89. The van der Waals surface area contributed by atoms with Gasteiger partial charge in [-0.1, -0.05) is 12.1 Å². The monoisotopic (exact) mass is 221 g/mol. The molecule has 0 aromatic carbocycles. The van der Waals surface area contributed by atoms with E-state index >= 15 is 0 Å². The van der Waals surface area contributed by atoms with Crippen molar-refractivity contribution in [2.45, 2.75) is 25.9 Å². The largest absolute Gasteiger partial charge is 0.472 e. The van der Waals surface area contributed by atoms with Gasteiger partial charge in [-0.2, -0.15) is 0 Å². The molecule has 3 N–H and O–H groups in total. The van der Waals surface area contributed by atoms with Gasteiger partial charge in [0.2, 0.25) is 0 Å². The molecule has 6 nitrogen and oxygen atoms in total. The van der Waals surface area contributed by atoms with E-state index < -0.39 is 0 Å². The summed E-state index contributed by atoms with van der Waals surface area (Å²) in [7, 11) is 0. The van der Waals surface area contributed by atoms with Crippen LogP contribution >= 0.6 is 0 Å². The highest BCUT2D eigenvalue weighted by atomic mass is 16.3. The highest BCUT2D eigenvalue weighted by Gasteiger charge is 2.18. The summed E-state index contributed by atoms with van der Waals surface area (Å²) in [5.74, 6) is 5.56. The Morgan fingerprint density at radius 3 is 3.12 bits per heavy atom. The molecule has 6 heteroatoms. The maximum Gasteiger partial charge on any atom is 0.0954 e. The summed E-state index contributed by atoms with van der Waals surface area (Å²) in [6, 6.07) is 1.73. The van der Waals surface area contributed by atoms with Crippen LogP contribution in [0.1, 0.15) is 30.6 Å². The van der Waals surface area contributed by atoms with Gasteiger partial charge in [-0.3, -0.25) is 5.84 Å². The number of nitrogens with zero attached hydrogens (tertiary/aromatic N) is 3. The molecule has 0 amide bonds. The maximum absolute atomic E-state index is 5.56. The lowest BCUT2D eigenvalue weighted by atomic mass is 10.1. The topological polar surface area (TPSA) is 81.9 Å². The SMILES string of the molecule is CCCn1nncc1C(NN)c1ccoc1. The number of rotatable bonds is 5. The van der Waals surface area contributed by atoms with E-state index in [0.29, 0.717) is 0 Å². The summed E-state index contributed by atoms with van der Waals surface area (Å²) in [5, 5.41) is 7.93. The Labute approximate surface area is 93.4 Å². The van der Waals surface area contributed by atoms with Gasteiger partial charge in [-0.25, -0.2) is 10.1 Å². The highest BCUT2D eigenvalue weighted by Crippen LogP contribution is 2.20. The molecule has 0 aliphatic heterocycles. The molecule has 2 aromatic heterocycles. The van der Waals surface area contributed by atoms with Crippen molar-refractivity contribution in [3.05, 3.63) is 36.0 Å². The van der Waals surface area contributed by atoms with Crippen LogP contribution in [0.2, 0.25) is 0 Å². The number of hydrazine groups is 1. The van der Waals surface area contributed by atoms with E-state index in [4.69, 9.17) is 10.3 Å². The fourth-order valence-corrected chi connectivity index (χ4v) is 1.67. The standard InChI is InChI=1S/C10H15N5O/c1-2-4-15-9(6-12-14-15)10(13-11)8-3-5-16-7-8/h3,5-7,10,13H,2,4,11H2,1H3. The van der Waals surface area contributed by atoms with Gasteiger partial charge in [-0.15, -0.1) is 5.10 Å². The van der Waals surface area contributed by atoms with Crippen LogP contribution in [0.15, 0.2) is 29.2 Å². The van der Waals surface area contributed by atoms with Crippen molar-refractivity contribution in [1.29, 1.82) is 0 Å². The lowest BCUT2D eigenvalue weighted by Gasteiger charge is -2.14. The number of aromatic nitrogens is 3. The fraction of sp³-hybridized carbons (Fsp3) is 0.400. The van der Waals surface area contributed by atoms with Gasteiger partial charge in [-0.05, 0) is 12.5 Å². The van der Waals surface area contributed by atoms with E-state index in [9.17, 15) is 0 Å². The Kier molecular flexibility index (Phi) is 3.33. The second-order valence-corrected chi connectivity index (χ2v) is 3.54. The molecule has 0 saturated heterocycles. The quantitative estimate of drug-likeness (QED) is 0.577. The average molecular weight is 221 g/mol. The molecule has 2 rings (SSSR count). The average Bonchev–Trinajstić information content (AvgIpc) is 2.92. The van der Waals surface area contributed by atoms with Crippen molar-refractivity contribution in [2.75, 3.05) is 0 Å². The first-order chi connectivity index (χ1) is 7.86. The van der Waals surface area contributed by atoms with Crippen LogP contribution in [0.3, 0.4) is 0 Å². The van der Waals surface area contributed by atoms with Crippen LogP contribution in [0.4, 0.5) is 0 Å². The zero-order chi connectivity index (χ0) is 11.4. The molecule has 86 valence electrons. The zero-order valence-corrected chi connectivity index (χ0v) is 9.13. The molecule has 2 aromatic rings. The smallest absolute Gasteiger partial charge is 0.0954 e. The summed E-state index contributed by atoms with van der Waals surface area (Å²) >= 11 is 0. The Balaban J connectivity index is 2.30. The van der Waals surface area contributed by atoms with Crippen LogP contribution in [-0.2, 0) is 6.54 Å². The van der Waals surface area contributed by atoms with E-state index in [-0.39, 0.29) is 6.04 Å². The number of hydrogen-bond acceptors (Lipinski definition) is 5. The minimum Gasteiger partial charge on any atom is -0.472 e. The van der Waals surface area contributed by atoms with Gasteiger partial charge in [0.15, 0.2) is 0 Å². The number of hydrogen-bond donors (Lipinski definition) is 2. The van der Waals surface area contributed by atoms with Crippen molar-refractivity contribution in [2.24, 2.45) is 5.84 Å². The van der Waals surface area contributed by atoms with Gasteiger partial charge in [0, 0.05) is 12.1 Å². The summed E-state index contributed by atoms with van der Waals surface area (Å²) in [6.07, 6.45) is 5.99. The second-order valence-electron chi connectivity index (χ2n) is 3.54. The molecule has 1 atom stereocenters. The Hall–Kier alpha value is -1.66. The summed E-state index contributed by atoms with van der Waals surface area (Å²) in [4.78, 5) is 0. The predicted octanol–water partition coefficient (Wildman–Crippen LogP) is 0.834. The Morgan fingerprint density at radius 2 is 2.50 bits per heavy atom. The molecule has 0 fully saturated rings. The van der Waals surface area contributed by atoms with E-state index in [1.807, 2.05) is 10.7 Å². The van der Waals surface area contributed by atoms with Gasteiger partial charge < -0.3 is 4.42 Å². The summed E-state index contributed by atoms with van der Waals surface area (Å²) in [6.45, 7) is 2.92. The van der Waals surface area contributed by atoms with E-state index in [0.717, 1.165) is 24.2 Å². The van der Waals surface area contributed by atoms with E-state index in [1.54, 1.807) is 18.7 Å². The number of nitrogens with two attached hydrogens (primary N) is 1. The first-order valence-corrected chi connectivity index (χ1v) is 5.23. The summed E-state index contributed by atoms with van der Waals surface area (Å²) in [5.41, 5.74) is 4.64. The third kappa shape index (κ3) is 1.98. The van der Waals surface area contributed by atoms with Crippen LogP contribution in [0.25, 0.3) is 0 Å². The highest BCUT2D eigenvalue weighted by molar-refractivity contribution is 5.22. The van der Waals surface area contributed by atoms with Crippen molar-refractivity contribution >= 4 is 0 Å². The van der Waals surface area contributed by atoms with Crippen molar-refractivity contribution in [1.82, 2.24) is 20.4 Å². The van der Waals surface area contributed by atoms with Crippen molar-refractivity contribution < 1.29 is 4.42 Å². The molecule has 16 heavy (non-hydrogen) atoms. The predicted molar refractivity (Wildman–Crippen MR) is 58.2 cm³/mol. The Morgan fingerprint density at radius 1 is 1.62 bits per heavy atom. The minimum atomic E-state index is -0.139. The molecular formula is C10H15N5O. The fourth-order valence-electron chi connectivity index (χ4n) is 1.67. The second kappa shape index (κ2) is 4.91. The molecular weight excluding hydrogens is 206 g/mol. The van der Waals surface area contributed by atoms with Crippen LogP contribution < -0.4 is 11.3 Å². The molecule has 0 spiro atoms. The molecule has 0 bridgehead atoms. The molecule has 0 aliphatic carbocycles. The van der Waals surface area contributed by atoms with Crippen molar-refractivity contribution in [3.63, 3.8) is 0 Å². The Bertz CT molecular complexity index is 422. The molecule has 2 heterocycles. The number of nitrogens with one attached hydrogen (secondary N) is 1. The van der Waals surface area contributed by atoms with Gasteiger partial charge >= 0.3 is 0 Å². The zero-order valence-electron chi connectivity index (χ0n) is 9.13. The lowest BCUT2D eigenvalue weighted by Crippen LogP contribution is -2.30.